The molecule has 0 saturated carbocycles. The minimum Gasteiger partial charge on any atom is -0.344 e. The Balaban J connectivity index is 1.33. The molecular formula is C38H46N3O7S+. The molecule has 260 valence electrons. The van der Waals surface area contributed by atoms with Gasteiger partial charge in [0.2, 0.25) is 5.69 Å². The van der Waals surface area contributed by atoms with Gasteiger partial charge in [0.1, 0.15) is 6.54 Å². The summed E-state index contributed by atoms with van der Waals surface area (Å²) in [5.74, 6) is -1.62. The van der Waals surface area contributed by atoms with Gasteiger partial charge >= 0.3 is 5.97 Å². The number of carbonyl (C=O) groups excluding carboxylic acids is 3. The number of nitrogens with zero attached hydrogens (tertiary/aromatic N) is 3. The summed E-state index contributed by atoms with van der Waals surface area (Å²) in [4.78, 5) is 42.9. The predicted molar refractivity (Wildman–Crippen MR) is 188 cm³/mol. The molecule has 0 atom stereocenters. The molecule has 1 N–H and O–H groups in total. The van der Waals surface area contributed by atoms with E-state index in [-0.39, 0.29) is 29.6 Å². The van der Waals surface area contributed by atoms with Crippen LogP contribution in [0.1, 0.15) is 89.8 Å². The standard InChI is InChI=1S/C38H45N3O7S/c1-7-39-30-19-17-26(2)24-28(30)37(3,4)32(39)14-10-8-11-15-33-38(5,6)29-25-27(49(45,46)47)18-20-31(29)40(33)23-13-9-12-16-36(44)48-41-34(42)21-22-35(41)43/h8,10-11,14-15,17-20,24-25H,7,9,12-13,16,21-23H2,1-6H3/p+1. The van der Waals surface area contributed by atoms with Crippen molar-refractivity contribution in [3.63, 3.8) is 0 Å². The number of hydroxylamine groups is 2. The zero-order valence-corrected chi connectivity index (χ0v) is 30.0. The Morgan fingerprint density at radius 3 is 2.33 bits per heavy atom. The molecule has 0 aliphatic carbocycles. The van der Waals surface area contributed by atoms with Gasteiger partial charge < -0.3 is 9.74 Å². The average Bonchev–Trinajstić information content (AvgIpc) is 3.55. The van der Waals surface area contributed by atoms with E-state index in [2.05, 4.69) is 61.4 Å². The summed E-state index contributed by atoms with van der Waals surface area (Å²) in [6.07, 6.45) is 12.3. The summed E-state index contributed by atoms with van der Waals surface area (Å²) >= 11 is 0. The van der Waals surface area contributed by atoms with Crippen LogP contribution in [0.2, 0.25) is 0 Å². The fraction of sp³-hybridized carbons (Fsp3) is 0.421. The van der Waals surface area contributed by atoms with Gasteiger partial charge in [-0.1, -0.05) is 49.8 Å². The van der Waals surface area contributed by atoms with Gasteiger partial charge in [0, 0.05) is 66.7 Å². The number of carbonyl (C=O) groups is 3. The van der Waals surface area contributed by atoms with Crippen molar-refractivity contribution in [2.45, 2.75) is 95.8 Å². The Morgan fingerprint density at radius 2 is 1.65 bits per heavy atom. The number of hydrogen-bond acceptors (Lipinski definition) is 7. The molecule has 2 aromatic rings. The number of anilines is 1. The van der Waals surface area contributed by atoms with E-state index >= 15 is 0 Å². The summed E-state index contributed by atoms with van der Waals surface area (Å²) in [5.41, 5.74) is 6.93. The average molecular weight is 689 g/mol. The maximum Gasteiger partial charge on any atom is 0.333 e. The van der Waals surface area contributed by atoms with Crippen LogP contribution in [0.5, 0.6) is 0 Å². The van der Waals surface area contributed by atoms with Gasteiger partial charge in [-0.25, -0.2) is 4.79 Å². The summed E-state index contributed by atoms with van der Waals surface area (Å²) < 4.78 is 35.9. The highest BCUT2D eigenvalue weighted by Crippen LogP contribution is 2.48. The van der Waals surface area contributed by atoms with Crippen molar-refractivity contribution in [3.05, 3.63) is 89.2 Å². The molecule has 5 rings (SSSR count). The largest absolute Gasteiger partial charge is 0.344 e. The summed E-state index contributed by atoms with van der Waals surface area (Å²) in [7, 11) is -4.39. The van der Waals surface area contributed by atoms with E-state index in [1.54, 1.807) is 6.07 Å². The highest BCUT2D eigenvalue weighted by Gasteiger charge is 2.45. The molecule has 10 nitrogen and oxygen atoms in total. The SMILES string of the molecule is CCN1C(=CC=CC=CC2=[N+](CCCCCC(=O)ON3C(=O)CCC3=O)c3ccc(S(=O)(=O)O)cc3C2(C)C)C(C)(C)c2cc(C)ccc21. The number of amides is 2. The van der Waals surface area contributed by atoms with Crippen LogP contribution in [-0.4, -0.2) is 59.2 Å². The molecule has 0 spiro atoms. The lowest BCUT2D eigenvalue weighted by Crippen LogP contribution is -2.31. The van der Waals surface area contributed by atoms with E-state index in [1.165, 1.54) is 34.6 Å². The highest BCUT2D eigenvalue weighted by atomic mass is 32.2. The van der Waals surface area contributed by atoms with E-state index < -0.39 is 33.3 Å². The highest BCUT2D eigenvalue weighted by molar-refractivity contribution is 7.85. The van der Waals surface area contributed by atoms with Crippen LogP contribution >= 0.6 is 0 Å². The first-order valence-corrected chi connectivity index (χ1v) is 18.3. The lowest BCUT2D eigenvalue weighted by molar-refractivity contribution is -0.438. The molecule has 1 saturated heterocycles. The number of imide groups is 1. The zero-order chi connectivity index (χ0) is 35.7. The topological polar surface area (TPSA) is 124 Å². The molecule has 1 fully saturated rings. The second-order valence-corrected chi connectivity index (χ2v) is 15.3. The molecule has 11 heteroatoms. The summed E-state index contributed by atoms with van der Waals surface area (Å²) in [5, 5.41) is 0.569. The first kappa shape index (κ1) is 35.9. The van der Waals surface area contributed by atoms with E-state index in [9.17, 15) is 27.4 Å². The molecule has 2 amide bonds. The van der Waals surface area contributed by atoms with Gasteiger partial charge in [0.05, 0.1) is 10.3 Å². The number of unbranched alkanes of at least 4 members (excludes halogenated alkanes) is 2. The lowest BCUT2D eigenvalue weighted by Gasteiger charge is -2.25. The number of aryl methyl sites for hydroxylation is 1. The Morgan fingerprint density at radius 1 is 0.939 bits per heavy atom. The second-order valence-electron chi connectivity index (χ2n) is 13.9. The van der Waals surface area contributed by atoms with E-state index in [1.807, 2.05) is 38.2 Å². The van der Waals surface area contributed by atoms with Gasteiger partial charge in [-0.2, -0.15) is 13.0 Å². The minimum atomic E-state index is -4.39. The van der Waals surface area contributed by atoms with Crippen molar-refractivity contribution in [3.8, 4) is 0 Å². The molecule has 49 heavy (non-hydrogen) atoms. The van der Waals surface area contributed by atoms with E-state index in [4.69, 9.17) is 4.84 Å². The first-order valence-electron chi connectivity index (χ1n) is 16.8. The van der Waals surface area contributed by atoms with Crippen LogP contribution in [0, 0.1) is 6.92 Å². The van der Waals surface area contributed by atoms with Crippen LogP contribution in [0.3, 0.4) is 0 Å². The van der Waals surface area contributed by atoms with Crippen LogP contribution in [0.25, 0.3) is 0 Å². The Kier molecular flexibility index (Phi) is 10.2. The van der Waals surface area contributed by atoms with Gasteiger partial charge in [0.25, 0.3) is 21.9 Å². The molecule has 2 aromatic carbocycles. The van der Waals surface area contributed by atoms with Gasteiger partial charge in [0.15, 0.2) is 5.71 Å². The normalized spacial score (nSPS) is 19.2. The number of benzene rings is 2. The molecule has 0 bridgehead atoms. The Labute approximate surface area is 289 Å². The van der Waals surface area contributed by atoms with Crippen LogP contribution in [-0.2, 0) is 40.2 Å². The molecule has 0 unspecified atom stereocenters. The monoisotopic (exact) mass is 688 g/mol. The molecule has 0 radical (unpaired) electrons. The van der Waals surface area contributed by atoms with Crippen molar-refractivity contribution in [1.29, 1.82) is 0 Å². The van der Waals surface area contributed by atoms with Crippen molar-refractivity contribution < 1.29 is 36.8 Å². The third-order valence-corrected chi connectivity index (χ3v) is 10.6. The maximum absolute atomic E-state index is 12.2. The van der Waals surface area contributed by atoms with Crippen molar-refractivity contribution in [2.24, 2.45) is 0 Å². The van der Waals surface area contributed by atoms with Gasteiger partial charge in [-0.15, -0.1) is 5.06 Å². The lowest BCUT2D eigenvalue weighted by atomic mass is 9.81. The third kappa shape index (κ3) is 7.19. The number of rotatable bonds is 12. The molecule has 3 aliphatic rings. The van der Waals surface area contributed by atoms with Crippen molar-refractivity contribution >= 4 is 45.0 Å². The maximum atomic E-state index is 12.2. The Bertz CT molecular complexity index is 1900. The summed E-state index contributed by atoms with van der Waals surface area (Å²) in [6, 6.07) is 11.3. The predicted octanol–water partition coefficient (Wildman–Crippen LogP) is 6.60. The van der Waals surface area contributed by atoms with Crippen LogP contribution < -0.4 is 4.90 Å². The number of fused-ring (bicyclic) bond motifs is 2. The summed E-state index contributed by atoms with van der Waals surface area (Å²) in [6.45, 7) is 14.3. The smallest absolute Gasteiger partial charge is 0.333 e. The fourth-order valence-electron chi connectivity index (χ4n) is 7.06. The molecular weight excluding hydrogens is 642 g/mol. The van der Waals surface area contributed by atoms with Gasteiger partial charge in [-0.3, -0.25) is 14.1 Å². The van der Waals surface area contributed by atoms with Crippen LogP contribution in [0.15, 0.2) is 77.4 Å². The van der Waals surface area contributed by atoms with Crippen LogP contribution in [0.4, 0.5) is 11.4 Å². The molecule has 3 heterocycles. The van der Waals surface area contributed by atoms with Crippen molar-refractivity contribution in [1.82, 2.24) is 5.06 Å². The number of hydrogen-bond donors (Lipinski definition) is 1. The minimum absolute atomic E-state index is 0.0521. The Hall–Kier alpha value is -4.35. The molecule has 0 aromatic heterocycles. The number of likely N-dealkylation sites (N-methyl/N-ethyl adjacent to an activating group) is 1. The van der Waals surface area contributed by atoms with Gasteiger partial charge in [-0.05, 0) is 70.4 Å². The van der Waals surface area contributed by atoms with Crippen molar-refractivity contribution in [2.75, 3.05) is 18.0 Å². The fourth-order valence-corrected chi connectivity index (χ4v) is 7.57. The third-order valence-electron chi connectivity index (χ3n) is 9.72. The molecule has 3 aliphatic heterocycles. The quantitative estimate of drug-likeness (QED) is 0.0870. The second kappa shape index (κ2) is 13.9. The first-order chi connectivity index (χ1) is 23.1. The zero-order valence-electron chi connectivity index (χ0n) is 29.2. The van der Waals surface area contributed by atoms with E-state index in [0.29, 0.717) is 30.9 Å². The van der Waals surface area contributed by atoms with E-state index in [0.717, 1.165) is 23.5 Å². The number of allylic oxidation sites excluding steroid dienone is 6.